The van der Waals surface area contributed by atoms with Crippen LogP contribution in [0.25, 0.3) is 10.2 Å². The zero-order valence-electron chi connectivity index (χ0n) is 12.8. The first-order valence-electron chi connectivity index (χ1n) is 7.24. The summed E-state index contributed by atoms with van der Waals surface area (Å²) in [5.41, 5.74) is 1.65. The van der Waals surface area contributed by atoms with Crippen LogP contribution in [0.5, 0.6) is 5.75 Å². The van der Waals surface area contributed by atoms with Crippen molar-refractivity contribution in [1.29, 1.82) is 0 Å². The molecule has 0 aliphatic heterocycles. The fourth-order valence-electron chi connectivity index (χ4n) is 2.00. The number of thiazole rings is 1. The molecule has 0 radical (unpaired) electrons. The summed E-state index contributed by atoms with van der Waals surface area (Å²) >= 11 is 7.08. The van der Waals surface area contributed by atoms with Crippen LogP contribution in [0.4, 0.5) is 9.52 Å². The number of hydrogen-bond acceptors (Lipinski definition) is 4. The molecule has 0 spiro atoms. The summed E-state index contributed by atoms with van der Waals surface area (Å²) in [5.74, 6) is 0.119. The smallest absolute Gasteiger partial charge is 0.243 e. The highest BCUT2D eigenvalue weighted by Crippen LogP contribution is 2.29. The number of anilines is 1. The predicted octanol–water partition coefficient (Wildman–Crippen LogP) is 4.58. The molecular weight excluding hydrogens is 351 g/mol. The molecule has 0 aliphatic carbocycles. The van der Waals surface area contributed by atoms with Gasteiger partial charge in [-0.2, -0.15) is 0 Å². The summed E-state index contributed by atoms with van der Waals surface area (Å²) < 4.78 is 19.5. The van der Waals surface area contributed by atoms with Crippen LogP contribution in [-0.4, -0.2) is 16.3 Å². The molecule has 0 fully saturated rings. The Kier molecular flexibility index (Phi) is 4.97. The van der Waals surface area contributed by atoms with Gasteiger partial charge in [0.05, 0.1) is 10.2 Å². The molecule has 1 aromatic heterocycles. The van der Waals surface area contributed by atoms with E-state index < -0.39 is 5.38 Å². The topological polar surface area (TPSA) is 51.2 Å². The molecule has 7 heteroatoms. The molecule has 0 saturated carbocycles. The van der Waals surface area contributed by atoms with Crippen LogP contribution in [0.3, 0.4) is 0 Å². The lowest BCUT2D eigenvalue weighted by Crippen LogP contribution is -2.19. The molecule has 1 atom stereocenters. The maximum absolute atomic E-state index is 12.9. The van der Waals surface area contributed by atoms with Crippen LogP contribution in [0.2, 0.25) is 0 Å². The molecule has 0 unspecified atom stereocenters. The standard InChI is InChI=1S/C17H14ClFN2O2S/c1-10(18)16(22)21-17-20-14-7-6-13(8-15(14)24-17)23-9-11-2-4-12(19)5-3-11/h2-8,10H,9H2,1H3,(H,20,21,22)/t10-/m1/s1. The van der Waals surface area contributed by atoms with E-state index in [0.29, 0.717) is 17.5 Å². The van der Waals surface area contributed by atoms with Crippen molar-refractivity contribution in [3.63, 3.8) is 0 Å². The lowest BCUT2D eigenvalue weighted by atomic mass is 10.2. The van der Waals surface area contributed by atoms with Crippen molar-refractivity contribution in [2.24, 2.45) is 0 Å². The molecule has 0 aliphatic rings. The van der Waals surface area contributed by atoms with Crippen molar-refractivity contribution in [2.45, 2.75) is 18.9 Å². The molecule has 3 aromatic rings. The van der Waals surface area contributed by atoms with Gasteiger partial charge in [0.15, 0.2) is 5.13 Å². The second-order valence-electron chi connectivity index (χ2n) is 5.17. The molecule has 24 heavy (non-hydrogen) atoms. The Morgan fingerprint density at radius 2 is 2.08 bits per heavy atom. The van der Waals surface area contributed by atoms with E-state index in [1.54, 1.807) is 25.1 Å². The second-order valence-corrected chi connectivity index (χ2v) is 6.85. The van der Waals surface area contributed by atoms with Gasteiger partial charge in [0, 0.05) is 0 Å². The largest absolute Gasteiger partial charge is 0.489 e. The van der Waals surface area contributed by atoms with Crippen LogP contribution in [0, 0.1) is 5.82 Å². The van der Waals surface area contributed by atoms with E-state index in [1.807, 2.05) is 12.1 Å². The number of benzene rings is 2. The fourth-order valence-corrected chi connectivity index (χ4v) is 2.95. The monoisotopic (exact) mass is 364 g/mol. The van der Waals surface area contributed by atoms with Crippen molar-refractivity contribution in [3.8, 4) is 5.75 Å². The van der Waals surface area contributed by atoms with E-state index in [-0.39, 0.29) is 11.7 Å². The molecule has 124 valence electrons. The molecule has 0 saturated heterocycles. The highest BCUT2D eigenvalue weighted by atomic mass is 35.5. The molecule has 2 aromatic carbocycles. The quantitative estimate of drug-likeness (QED) is 0.674. The highest BCUT2D eigenvalue weighted by molar-refractivity contribution is 7.22. The van der Waals surface area contributed by atoms with Gasteiger partial charge in [0.2, 0.25) is 5.91 Å². The van der Waals surface area contributed by atoms with Crippen molar-refractivity contribution in [2.75, 3.05) is 5.32 Å². The maximum Gasteiger partial charge on any atom is 0.243 e. The number of hydrogen-bond donors (Lipinski definition) is 1. The van der Waals surface area contributed by atoms with Gasteiger partial charge in [-0.25, -0.2) is 9.37 Å². The lowest BCUT2D eigenvalue weighted by molar-refractivity contribution is -0.115. The van der Waals surface area contributed by atoms with Gasteiger partial charge in [0.25, 0.3) is 0 Å². The van der Waals surface area contributed by atoms with E-state index in [0.717, 1.165) is 15.8 Å². The van der Waals surface area contributed by atoms with E-state index >= 15 is 0 Å². The third-order valence-electron chi connectivity index (χ3n) is 3.27. The molecule has 1 N–H and O–H groups in total. The zero-order valence-corrected chi connectivity index (χ0v) is 14.3. The molecule has 4 nitrogen and oxygen atoms in total. The van der Waals surface area contributed by atoms with Crippen LogP contribution in [-0.2, 0) is 11.4 Å². The predicted molar refractivity (Wildman–Crippen MR) is 94.3 cm³/mol. The number of ether oxygens (including phenoxy) is 1. The van der Waals surface area contributed by atoms with E-state index in [2.05, 4.69) is 10.3 Å². The summed E-state index contributed by atoms with van der Waals surface area (Å²) in [6, 6.07) is 11.7. The van der Waals surface area contributed by atoms with Gasteiger partial charge in [-0.3, -0.25) is 4.79 Å². The number of amides is 1. The maximum atomic E-state index is 12.9. The Labute approximate surface area is 147 Å². The Hall–Kier alpha value is -2.18. The van der Waals surface area contributed by atoms with Crippen LogP contribution >= 0.6 is 22.9 Å². The molecule has 1 amide bonds. The molecular formula is C17H14ClFN2O2S. The number of rotatable bonds is 5. The van der Waals surface area contributed by atoms with Gasteiger partial charge in [-0.1, -0.05) is 23.5 Å². The molecule has 3 rings (SSSR count). The van der Waals surface area contributed by atoms with Crippen LogP contribution < -0.4 is 10.1 Å². The van der Waals surface area contributed by atoms with Crippen molar-refractivity contribution in [3.05, 3.63) is 53.8 Å². The number of alkyl halides is 1. The van der Waals surface area contributed by atoms with Gasteiger partial charge >= 0.3 is 0 Å². The van der Waals surface area contributed by atoms with Crippen LogP contribution in [0.1, 0.15) is 12.5 Å². The van der Waals surface area contributed by atoms with Gasteiger partial charge in [-0.15, -0.1) is 11.6 Å². The first-order valence-corrected chi connectivity index (χ1v) is 8.49. The van der Waals surface area contributed by atoms with E-state index in [9.17, 15) is 9.18 Å². The number of halogens is 2. The van der Waals surface area contributed by atoms with Crippen molar-refractivity contribution in [1.82, 2.24) is 4.98 Å². The minimum atomic E-state index is -0.619. The Morgan fingerprint density at radius 1 is 1.33 bits per heavy atom. The van der Waals surface area contributed by atoms with Crippen molar-refractivity contribution >= 4 is 44.2 Å². The summed E-state index contributed by atoms with van der Waals surface area (Å²) in [6.07, 6.45) is 0. The summed E-state index contributed by atoms with van der Waals surface area (Å²) in [7, 11) is 0. The molecule has 0 bridgehead atoms. The highest BCUT2D eigenvalue weighted by Gasteiger charge is 2.12. The lowest BCUT2D eigenvalue weighted by Gasteiger charge is -2.06. The number of carbonyl (C=O) groups excluding carboxylic acids is 1. The third kappa shape index (κ3) is 4.01. The number of fused-ring (bicyclic) bond motifs is 1. The number of nitrogens with one attached hydrogen (secondary N) is 1. The normalized spacial score (nSPS) is 12.1. The number of carbonyl (C=O) groups is 1. The van der Waals surface area contributed by atoms with E-state index in [4.69, 9.17) is 16.3 Å². The number of nitrogens with zero attached hydrogens (tertiary/aromatic N) is 1. The average Bonchev–Trinajstić information content (AvgIpc) is 2.95. The van der Waals surface area contributed by atoms with Crippen molar-refractivity contribution < 1.29 is 13.9 Å². The fraction of sp³-hybridized carbons (Fsp3) is 0.176. The average molecular weight is 365 g/mol. The first-order chi connectivity index (χ1) is 11.5. The minimum Gasteiger partial charge on any atom is -0.489 e. The second kappa shape index (κ2) is 7.15. The van der Waals surface area contributed by atoms with Gasteiger partial charge in [-0.05, 0) is 42.8 Å². The Balaban J connectivity index is 1.71. The first kappa shape index (κ1) is 16.7. The Morgan fingerprint density at radius 3 is 2.79 bits per heavy atom. The molecule has 1 heterocycles. The minimum absolute atomic E-state index is 0.273. The van der Waals surface area contributed by atoms with Gasteiger partial charge < -0.3 is 10.1 Å². The zero-order chi connectivity index (χ0) is 17.1. The van der Waals surface area contributed by atoms with Crippen LogP contribution in [0.15, 0.2) is 42.5 Å². The third-order valence-corrected chi connectivity index (χ3v) is 4.40. The van der Waals surface area contributed by atoms with E-state index in [1.165, 1.54) is 23.5 Å². The Bertz CT molecular complexity index is 865. The SMILES string of the molecule is C[C@@H](Cl)C(=O)Nc1nc2ccc(OCc3ccc(F)cc3)cc2s1. The summed E-state index contributed by atoms with van der Waals surface area (Å²) in [5, 5.41) is 2.55. The van der Waals surface area contributed by atoms with Gasteiger partial charge in [0.1, 0.15) is 23.6 Å². The summed E-state index contributed by atoms with van der Waals surface area (Å²) in [6.45, 7) is 1.95. The summed E-state index contributed by atoms with van der Waals surface area (Å²) in [4.78, 5) is 15.9. The number of aromatic nitrogens is 1.